The Bertz CT molecular complexity index is 1520. The van der Waals surface area contributed by atoms with E-state index in [1.807, 2.05) is 10.7 Å². The molecule has 1 N–H and O–H groups in total. The number of nitrogens with one attached hydrogen (secondary N) is 1. The van der Waals surface area contributed by atoms with Crippen molar-refractivity contribution in [1.29, 1.82) is 0 Å². The third kappa shape index (κ3) is 4.51. The van der Waals surface area contributed by atoms with Gasteiger partial charge >= 0.3 is 0 Å². The maximum atomic E-state index is 13.7. The maximum Gasteiger partial charge on any atom is 0.253 e. The smallest absolute Gasteiger partial charge is 0.253 e. The molecule has 0 unspecified atom stereocenters. The molecule has 6 rings (SSSR count). The Labute approximate surface area is 223 Å². The first-order chi connectivity index (χ1) is 18.4. The van der Waals surface area contributed by atoms with E-state index in [4.69, 9.17) is 0 Å². The van der Waals surface area contributed by atoms with Crippen LogP contribution in [0.15, 0.2) is 41.2 Å². The second kappa shape index (κ2) is 9.98. The Balaban J connectivity index is 1.41. The lowest BCUT2D eigenvalue weighted by Gasteiger charge is -2.40. The Hall–Kier alpha value is -3.52. The number of fused-ring (bicyclic) bond motifs is 1. The predicted octanol–water partition coefficient (Wildman–Crippen LogP) is 4.77. The molecule has 1 aliphatic carbocycles. The number of benzene rings is 2. The van der Waals surface area contributed by atoms with Gasteiger partial charge in [-0.15, -0.1) is 5.10 Å². The van der Waals surface area contributed by atoms with Crippen molar-refractivity contribution in [2.45, 2.75) is 65.5 Å². The molecule has 1 saturated heterocycles. The van der Waals surface area contributed by atoms with Gasteiger partial charge in [0.1, 0.15) is 6.04 Å². The number of hydrogen-bond acceptors (Lipinski definition) is 6. The first-order valence-corrected chi connectivity index (χ1v) is 13.9. The average Bonchev–Trinajstić information content (AvgIpc) is 3.59. The Morgan fingerprint density at radius 2 is 1.66 bits per heavy atom. The van der Waals surface area contributed by atoms with Crippen LogP contribution in [0.1, 0.15) is 71.4 Å². The summed E-state index contributed by atoms with van der Waals surface area (Å²) in [4.78, 5) is 21.7. The maximum absolute atomic E-state index is 13.7. The predicted molar refractivity (Wildman–Crippen MR) is 151 cm³/mol. The van der Waals surface area contributed by atoms with E-state index in [0.29, 0.717) is 6.04 Å². The minimum Gasteiger partial charge on any atom is -0.369 e. The van der Waals surface area contributed by atoms with E-state index >= 15 is 0 Å². The van der Waals surface area contributed by atoms with Gasteiger partial charge in [0.25, 0.3) is 5.56 Å². The van der Waals surface area contributed by atoms with Gasteiger partial charge in [-0.2, -0.15) is 0 Å². The molecular weight excluding hydrogens is 474 g/mol. The number of anilines is 1. The molecule has 0 radical (unpaired) electrons. The van der Waals surface area contributed by atoms with Crippen molar-refractivity contribution in [3.8, 4) is 0 Å². The zero-order chi connectivity index (χ0) is 26.4. The highest BCUT2D eigenvalue weighted by Gasteiger charge is 2.35. The molecule has 2 aliphatic rings. The normalized spacial score (nSPS) is 17.9. The van der Waals surface area contributed by atoms with Crippen molar-refractivity contribution in [1.82, 2.24) is 30.1 Å². The van der Waals surface area contributed by atoms with Crippen molar-refractivity contribution in [3.63, 3.8) is 0 Å². The summed E-state index contributed by atoms with van der Waals surface area (Å²) >= 11 is 0. The SMILES string of the molecule is Cc1ccc(C)c(N2CCN([C@H](c3cc4c(C)cc(C)cc4[nH]c3=O)c3nnnn3C3CCCC3)CC2)c1. The van der Waals surface area contributed by atoms with Crippen LogP contribution in [0.3, 0.4) is 0 Å². The van der Waals surface area contributed by atoms with Crippen molar-refractivity contribution in [3.05, 3.63) is 80.4 Å². The zero-order valence-electron chi connectivity index (χ0n) is 22.9. The number of aromatic nitrogens is 5. The summed E-state index contributed by atoms with van der Waals surface area (Å²) in [6.07, 6.45) is 4.55. The van der Waals surface area contributed by atoms with Crippen LogP contribution in [-0.4, -0.2) is 56.3 Å². The molecule has 198 valence electrons. The van der Waals surface area contributed by atoms with E-state index in [0.717, 1.165) is 72.4 Å². The summed E-state index contributed by atoms with van der Waals surface area (Å²) in [5, 5.41) is 14.2. The molecule has 8 nitrogen and oxygen atoms in total. The van der Waals surface area contributed by atoms with Gasteiger partial charge in [-0.1, -0.05) is 31.0 Å². The summed E-state index contributed by atoms with van der Waals surface area (Å²) in [5.74, 6) is 0.784. The van der Waals surface area contributed by atoms with Gasteiger partial charge in [0.05, 0.1) is 6.04 Å². The minimum atomic E-state index is -0.305. The number of pyridine rings is 1. The molecule has 1 atom stereocenters. The standard InChI is InChI=1S/C30H37N7O/c1-19-9-10-21(3)27(17-19)35-11-13-36(14-12-35)28(29-32-33-34-37(29)23-7-5-6-8-23)25-18-24-22(4)15-20(2)16-26(24)31-30(25)38/h9-10,15-18,23,28H,5-8,11-14H2,1-4H3,(H,31,38)/t28-/m1/s1. The number of hydrogen-bond donors (Lipinski definition) is 1. The van der Waals surface area contributed by atoms with Crippen LogP contribution in [0.4, 0.5) is 5.69 Å². The highest BCUT2D eigenvalue weighted by Crippen LogP contribution is 2.35. The molecule has 2 aromatic carbocycles. The number of aromatic amines is 1. The van der Waals surface area contributed by atoms with E-state index in [1.165, 1.54) is 29.7 Å². The Kier molecular flexibility index (Phi) is 6.51. The molecule has 8 heteroatoms. The molecule has 3 heterocycles. The average molecular weight is 512 g/mol. The van der Waals surface area contributed by atoms with Crippen molar-refractivity contribution < 1.29 is 0 Å². The van der Waals surface area contributed by atoms with E-state index in [-0.39, 0.29) is 11.6 Å². The largest absolute Gasteiger partial charge is 0.369 e. The fourth-order valence-electron chi connectivity index (χ4n) is 6.46. The van der Waals surface area contributed by atoms with Crippen molar-refractivity contribution in [2.75, 3.05) is 31.1 Å². The summed E-state index contributed by atoms with van der Waals surface area (Å²) < 4.78 is 2.01. The number of tetrazole rings is 1. The van der Waals surface area contributed by atoms with Gasteiger partial charge in [0, 0.05) is 48.3 Å². The highest BCUT2D eigenvalue weighted by molar-refractivity contribution is 5.83. The molecule has 2 fully saturated rings. The molecule has 4 aromatic rings. The molecular formula is C30H37N7O. The Morgan fingerprint density at radius 1 is 0.895 bits per heavy atom. The lowest BCUT2D eigenvalue weighted by Crippen LogP contribution is -2.49. The van der Waals surface area contributed by atoms with Crippen LogP contribution in [0.2, 0.25) is 0 Å². The van der Waals surface area contributed by atoms with Gasteiger partial charge < -0.3 is 9.88 Å². The van der Waals surface area contributed by atoms with E-state index in [1.54, 1.807) is 0 Å². The first-order valence-electron chi connectivity index (χ1n) is 13.9. The lowest BCUT2D eigenvalue weighted by molar-refractivity contribution is 0.196. The first kappa shape index (κ1) is 24.8. The minimum absolute atomic E-state index is 0.0644. The highest BCUT2D eigenvalue weighted by atomic mass is 16.1. The lowest BCUT2D eigenvalue weighted by atomic mass is 9.99. The van der Waals surface area contributed by atoms with Crippen molar-refractivity contribution in [2.24, 2.45) is 0 Å². The van der Waals surface area contributed by atoms with Crippen LogP contribution in [0, 0.1) is 27.7 Å². The van der Waals surface area contributed by atoms with E-state index in [9.17, 15) is 4.79 Å². The fourth-order valence-corrected chi connectivity index (χ4v) is 6.46. The summed E-state index contributed by atoms with van der Waals surface area (Å²) in [7, 11) is 0. The van der Waals surface area contributed by atoms with Crippen molar-refractivity contribution >= 4 is 16.6 Å². The quantitative estimate of drug-likeness (QED) is 0.415. The second-order valence-corrected chi connectivity index (χ2v) is 11.2. The van der Waals surface area contributed by atoms with Crippen LogP contribution in [0.5, 0.6) is 0 Å². The molecule has 38 heavy (non-hydrogen) atoms. The fraction of sp³-hybridized carbons (Fsp3) is 0.467. The van der Waals surface area contributed by atoms with Crippen LogP contribution >= 0.6 is 0 Å². The monoisotopic (exact) mass is 511 g/mol. The van der Waals surface area contributed by atoms with E-state index in [2.05, 4.69) is 88.3 Å². The second-order valence-electron chi connectivity index (χ2n) is 11.2. The van der Waals surface area contributed by atoms with E-state index < -0.39 is 0 Å². The van der Waals surface area contributed by atoms with Gasteiger partial charge in [-0.05, 0) is 91.4 Å². The van der Waals surface area contributed by atoms with Gasteiger partial charge in [0.15, 0.2) is 5.82 Å². The van der Waals surface area contributed by atoms with Gasteiger partial charge in [-0.3, -0.25) is 9.69 Å². The summed E-state index contributed by atoms with van der Waals surface area (Å²) in [6.45, 7) is 11.9. The molecule has 2 aromatic heterocycles. The summed E-state index contributed by atoms with van der Waals surface area (Å²) in [5.41, 5.74) is 7.70. The molecule has 1 saturated carbocycles. The Morgan fingerprint density at radius 3 is 2.42 bits per heavy atom. The van der Waals surface area contributed by atoms with Crippen LogP contribution < -0.4 is 10.5 Å². The van der Waals surface area contributed by atoms with Gasteiger partial charge in [0.2, 0.25) is 0 Å². The topological polar surface area (TPSA) is 82.9 Å². The van der Waals surface area contributed by atoms with Crippen LogP contribution in [0.25, 0.3) is 10.9 Å². The molecule has 0 spiro atoms. The number of rotatable bonds is 5. The third-order valence-corrected chi connectivity index (χ3v) is 8.45. The number of piperazine rings is 1. The number of aryl methyl sites for hydroxylation is 4. The van der Waals surface area contributed by atoms with Gasteiger partial charge in [-0.25, -0.2) is 4.68 Å². The summed E-state index contributed by atoms with van der Waals surface area (Å²) in [6, 6.07) is 12.9. The zero-order valence-corrected chi connectivity index (χ0v) is 22.9. The molecule has 0 amide bonds. The number of nitrogens with zero attached hydrogens (tertiary/aromatic N) is 6. The number of H-pyrrole nitrogens is 1. The molecule has 0 bridgehead atoms. The molecule has 1 aliphatic heterocycles. The van der Waals surface area contributed by atoms with Crippen LogP contribution in [-0.2, 0) is 0 Å². The third-order valence-electron chi connectivity index (χ3n) is 8.45.